The number of rotatable bonds is 1. The molecule has 2 aromatic rings. The molecule has 0 unspecified atom stereocenters. The van der Waals surface area contributed by atoms with Gasteiger partial charge in [-0.2, -0.15) is 0 Å². The van der Waals surface area contributed by atoms with E-state index in [1.54, 1.807) is 19.2 Å². The van der Waals surface area contributed by atoms with Crippen LogP contribution < -0.4 is 0 Å². The highest BCUT2D eigenvalue weighted by Crippen LogP contribution is 2.14. The number of hydrogen-bond acceptors (Lipinski definition) is 4. The van der Waals surface area contributed by atoms with Gasteiger partial charge in [-0.1, -0.05) is 0 Å². The van der Waals surface area contributed by atoms with Crippen LogP contribution in [-0.2, 0) is 4.74 Å². The van der Waals surface area contributed by atoms with Gasteiger partial charge in [-0.3, -0.25) is 0 Å². The minimum absolute atomic E-state index is 0.278. The third-order valence-corrected chi connectivity index (χ3v) is 1.90. The van der Waals surface area contributed by atoms with Gasteiger partial charge in [0.05, 0.1) is 18.1 Å². The molecule has 0 bridgehead atoms. The summed E-state index contributed by atoms with van der Waals surface area (Å²) in [6.07, 6.45) is 1.71. The van der Waals surface area contributed by atoms with E-state index in [0.29, 0.717) is 11.3 Å². The summed E-state index contributed by atoms with van der Waals surface area (Å²) in [5.74, 6) is 0.0976. The zero-order valence-electron chi connectivity index (χ0n) is 7.87. The molecule has 0 spiro atoms. The molecule has 5 heteroatoms. The maximum Gasteiger partial charge on any atom is 0.358 e. The molecule has 2 aromatic heterocycles. The Morgan fingerprint density at radius 2 is 2.29 bits per heavy atom. The zero-order valence-corrected chi connectivity index (χ0v) is 7.87. The zero-order chi connectivity index (χ0) is 10.1. The first-order valence-corrected chi connectivity index (χ1v) is 4.12. The standard InChI is InChI=1S/C9H9N3O2/c1-5-11-6-3-4-10-7(6)8(12-5)9(13)14-2/h3-4,10H,1-2H3. The second kappa shape index (κ2) is 3.10. The molecule has 0 saturated heterocycles. The van der Waals surface area contributed by atoms with Gasteiger partial charge in [0.15, 0.2) is 5.69 Å². The minimum Gasteiger partial charge on any atom is -0.464 e. The summed E-state index contributed by atoms with van der Waals surface area (Å²) in [6.45, 7) is 1.74. The van der Waals surface area contributed by atoms with Crippen molar-refractivity contribution in [1.29, 1.82) is 0 Å². The number of fused-ring (bicyclic) bond motifs is 1. The SMILES string of the molecule is COC(=O)c1nc(C)nc2cc[nH]c12. The summed E-state index contributed by atoms with van der Waals surface area (Å²) in [5.41, 5.74) is 1.61. The lowest BCUT2D eigenvalue weighted by Crippen LogP contribution is -2.07. The summed E-state index contributed by atoms with van der Waals surface area (Å²) < 4.78 is 4.62. The van der Waals surface area contributed by atoms with Crippen LogP contribution in [0.15, 0.2) is 12.3 Å². The summed E-state index contributed by atoms with van der Waals surface area (Å²) >= 11 is 0. The molecule has 0 aliphatic carbocycles. The third kappa shape index (κ3) is 1.22. The van der Waals surface area contributed by atoms with Crippen LogP contribution in [0.4, 0.5) is 0 Å². The summed E-state index contributed by atoms with van der Waals surface area (Å²) in [5, 5.41) is 0. The number of nitrogens with zero attached hydrogens (tertiary/aromatic N) is 2. The lowest BCUT2D eigenvalue weighted by molar-refractivity contribution is 0.0596. The van der Waals surface area contributed by atoms with Gasteiger partial charge in [-0.15, -0.1) is 0 Å². The predicted molar refractivity (Wildman–Crippen MR) is 50.0 cm³/mol. The van der Waals surface area contributed by atoms with E-state index in [2.05, 4.69) is 19.7 Å². The van der Waals surface area contributed by atoms with E-state index in [0.717, 1.165) is 5.52 Å². The van der Waals surface area contributed by atoms with Gasteiger partial charge in [0.25, 0.3) is 0 Å². The molecule has 0 aromatic carbocycles. The van der Waals surface area contributed by atoms with Crippen molar-refractivity contribution in [3.63, 3.8) is 0 Å². The Bertz CT molecular complexity index is 490. The van der Waals surface area contributed by atoms with Crippen molar-refractivity contribution in [3.05, 3.63) is 23.8 Å². The highest BCUT2D eigenvalue weighted by molar-refractivity contribution is 5.99. The number of aromatic amines is 1. The molecule has 0 atom stereocenters. The van der Waals surface area contributed by atoms with Crippen LogP contribution >= 0.6 is 0 Å². The maximum atomic E-state index is 11.3. The van der Waals surface area contributed by atoms with E-state index in [1.165, 1.54) is 7.11 Å². The van der Waals surface area contributed by atoms with Crippen LogP contribution in [-0.4, -0.2) is 28.0 Å². The first-order valence-electron chi connectivity index (χ1n) is 4.12. The molecule has 0 aliphatic rings. The Hall–Kier alpha value is -1.91. The molecule has 2 heterocycles. The van der Waals surface area contributed by atoms with Crippen LogP contribution in [0.25, 0.3) is 11.0 Å². The second-order valence-electron chi connectivity index (χ2n) is 2.85. The Morgan fingerprint density at radius 3 is 3.00 bits per heavy atom. The fraction of sp³-hybridized carbons (Fsp3) is 0.222. The number of methoxy groups -OCH3 is 1. The minimum atomic E-state index is -0.456. The molecule has 0 fully saturated rings. The summed E-state index contributed by atoms with van der Waals surface area (Å²) in [7, 11) is 1.33. The number of hydrogen-bond donors (Lipinski definition) is 1. The smallest absolute Gasteiger partial charge is 0.358 e. The number of esters is 1. The summed E-state index contributed by atoms with van der Waals surface area (Å²) in [4.78, 5) is 22.4. The molecule has 1 N–H and O–H groups in total. The largest absolute Gasteiger partial charge is 0.464 e. The van der Waals surface area contributed by atoms with Crippen molar-refractivity contribution < 1.29 is 9.53 Å². The Balaban J connectivity index is 2.72. The molecule has 2 rings (SSSR count). The van der Waals surface area contributed by atoms with E-state index in [9.17, 15) is 4.79 Å². The molecular formula is C9H9N3O2. The molecule has 0 aliphatic heterocycles. The average Bonchev–Trinajstić information content (AvgIpc) is 2.62. The van der Waals surface area contributed by atoms with Crippen molar-refractivity contribution in [2.24, 2.45) is 0 Å². The molecule has 0 radical (unpaired) electrons. The van der Waals surface area contributed by atoms with Gasteiger partial charge >= 0.3 is 5.97 Å². The molecule has 14 heavy (non-hydrogen) atoms. The van der Waals surface area contributed by atoms with E-state index in [1.807, 2.05) is 0 Å². The van der Waals surface area contributed by atoms with Crippen LogP contribution in [0, 0.1) is 6.92 Å². The first kappa shape index (κ1) is 8.68. The van der Waals surface area contributed by atoms with Crippen molar-refractivity contribution >= 4 is 17.0 Å². The third-order valence-electron chi connectivity index (χ3n) is 1.90. The Labute approximate surface area is 80.1 Å². The van der Waals surface area contributed by atoms with E-state index >= 15 is 0 Å². The van der Waals surface area contributed by atoms with Gasteiger partial charge in [0.1, 0.15) is 5.82 Å². The van der Waals surface area contributed by atoms with E-state index in [4.69, 9.17) is 0 Å². The number of H-pyrrole nitrogens is 1. The van der Waals surface area contributed by atoms with Gasteiger partial charge in [0.2, 0.25) is 0 Å². The number of carbonyl (C=O) groups is 1. The van der Waals surface area contributed by atoms with Crippen molar-refractivity contribution in [2.45, 2.75) is 6.92 Å². The average molecular weight is 191 g/mol. The fourth-order valence-corrected chi connectivity index (χ4v) is 1.31. The highest BCUT2D eigenvalue weighted by atomic mass is 16.5. The van der Waals surface area contributed by atoms with Crippen molar-refractivity contribution in [2.75, 3.05) is 7.11 Å². The Kier molecular flexibility index (Phi) is 1.92. The molecule has 72 valence electrons. The van der Waals surface area contributed by atoms with Gasteiger partial charge in [-0.05, 0) is 13.0 Å². The summed E-state index contributed by atoms with van der Waals surface area (Å²) in [6, 6.07) is 1.79. The predicted octanol–water partition coefficient (Wildman–Crippen LogP) is 1.05. The van der Waals surface area contributed by atoms with Gasteiger partial charge < -0.3 is 9.72 Å². The first-order chi connectivity index (χ1) is 6.72. The number of aromatic nitrogens is 3. The lowest BCUT2D eigenvalue weighted by Gasteiger charge is -2.00. The number of nitrogens with one attached hydrogen (secondary N) is 1. The molecule has 0 amide bonds. The fourth-order valence-electron chi connectivity index (χ4n) is 1.31. The van der Waals surface area contributed by atoms with Crippen molar-refractivity contribution in [1.82, 2.24) is 15.0 Å². The van der Waals surface area contributed by atoms with Crippen LogP contribution in [0.5, 0.6) is 0 Å². The Morgan fingerprint density at radius 1 is 1.50 bits per heavy atom. The molecule has 0 saturated carbocycles. The quantitative estimate of drug-likeness (QED) is 0.684. The van der Waals surface area contributed by atoms with E-state index < -0.39 is 5.97 Å². The van der Waals surface area contributed by atoms with E-state index in [-0.39, 0.29) is 5.69 Å². The monoisotopic (exact) mass is 191 g/mol. The number of carbonyl (C=O) groups excluding carboxylic acids is 1. The van der Waals surface area contributed by atoms with Crippen LogP contribution in [0.3, 0.4) is 0 Å². The van der Waals surface area contributed by atoms with Gasteiger partial charge in [0, 0.05) is 6.20 Å². The lowest BCUT2D eigenvalue weighted by atomic mass is 10.3. The van der Waals surface area contributed by atoms with Crippen molar-refractivity contribution in [3.8, 4) is 0 Å². The number of aryl methyl sites for hydroxylation is 1. The molecule has 5 nitrogen and oxygen atoms in total. The van der Waals surface area contributed by atoms with Gasteiger partial charge in [-0.25, -0.2) is 14.8 Å². The van der Waals surface area contributed by atoms with Crippen LogP contribution in [0.2, 0.25) is 0 Å². The normalized spacial score (nSPS) is 10.4. The topological polar surface area (TPSA) is 67.9 Å². The van der Waals surface area contributed by atoms with Crippen LogP contribution in [0.1, 0.15) is 16.3 Å². The highest BCUT2D eigenvalue weighted by Gasteiger charge is 2.14. The molecular weight excluding hydrogens is 182 g/mol. The maximum absolute atomic E-state index is 11.3. The second-order valence-corrected chi connectivity index (χ2v) is 2.85. The number of ether oxygens (including phenoxy) is 1.